The average Bonchev–Trinajstić information content (AvgIpc) is 2.68. The Labute approximate surface area is 89.1 Å². The number of carbonyl (C=O) groups excluding carboxylic acids is 1. The van der Waals surface area contributed by atoms with Crippen molar-refractivity contribution in [3.8, 4) is 0 Å². The zero-order chi connectivity index (χ0) is 10.7. The highest BCUT2D eigenvalue weighted by Gasteiger charge is 2.50. The van der Waals surface area contributed by atoms with Crippen molar-refractivity contribution in [1.29, 1.82) is 0 Å². The van der Waals surface area contributed by atoms with E-state index in [4.69, 9.17) is 14.2 Å². The van der Waals surface area contributed by atoms with E-state index in [-0.39, 0.29) is 11.9 Å². The Bertz CT molecular complexity index is 238. The molecule has 2 saturated heterocycles. The molecule has 2 rings (SSSR count). The van der Waals surface area contributed by atoms with E-state index in [2.05, 4.69) is 5.32 Å². The molecule has 5 heteroatoms. The van der Waals surface area contributed by atoms with E-state index in [1.807, 2.05) is 0 Å². The van der Waals surface area contributed by atoms with Crippen LogP contribution in [0.15, 0.2) is 0 Å². The van der Waals surface area contributed by atoms with Gasteiger partial charge < -0.3 is 19.5 Å². The smallest absolute Gasteiger partial charge is 0.315 e. The third-order valence-corrected chi connectivity index (χ3v) is 2.88. The fraction of sp³-hybridized carbons (Fsp3) is 0.900. The summed E-state index contributed by atoms with van der Waals surface area (Å²) in [7, 11) is 0. The normalized spacial score (nSPS) is 29.3. The summed E-state index contributed by atoms with van der Waals surface area (Å²) in [6, 6.07) is 0. The molecule has 0 amide bonds. The standard InChI is InChI=1S/C10H17NO4/c1-2-13-9(12)8-7-11-4-3-10(8)14-5-6-15-10/h8,11H,2-7H2,1H3/t8-/m1/s1. The molecule has 0 aromatic carbocycles. The summed E-state index contributed by atoms with van der Waals surface area (Å²) in [5.41, 5.74) is 0. The first-order valence-corrected chi connectivity index (χ1v) is 5.44. The van der Waals surface area contributed by atoms with Crippen LogP contribution in [0.1, 0.15) is 13.3 Å². The highest BCUT2D eigenvalue weighted by molar-refractivity contribution is 5.74. The van der Waals surface area contributed by atoms with Gasteiger partial charge in [0.2, 0.25) is 0 Å². The lowest BCUT2D eigenvalue weighted by molar-refractivity contribution is -0.217. The first kappa shape index (κ1) is 10.9. The van der Waals surface area contributed by atoms with Crippen molar-refractivity contribution in [2.45, 2.75) is 19.1 Å². The second-order valence-corrected chi connectivity index (χ2v) is 3.77. The number of hydrogen-bond acceptors (Lipinski definition) is 5. The zero-order valence-electron chi connectivity index (χ0n) is 8.95. The van der Waals surface area contributed by atoms with Gasteiger partial charge in [0.15, 0.2) is 5.79 Å². The lowest BCUT2D eigenvalue weighted by Gasteiger charge is -2.37. The summed E-state index contributed by atoms with van der Waals surface area (Å²) < 4.78 is 16.2. The van der Waals surface area contributed by atoms with E-state index < -0.39 is 5.79 Å². The molecular weight excluding hydrogens is 198 g/mol. The average molecular weight is 215 g/mol. The van der Waals surface area contributed by atoms with Crippen molar-refractivity contribution in [3.63, 3.8) is 0 Å². The molecule has 0 aromatic rings. The topological polar surface area (TPSA) is 56.8 Å². The van der Waals surface area contributed by atoms with Gasteiger partial charge >= 0.3 is 5.97 Å². The van der Waals surface area contributed by atoms with Crippen molar-refractivity contribution in [3.05, 3.63) is 0 Å². The molecule has 0 aliphatic carbocycles. The summed E-state index contributed by atoms with van der Waals surface area (Å²) >= 11 is 0. The van der Waals surface area contributed by atoms with Crippen LogP contribution in [0.4, 0.5) is 0 Å². The van der Waals surface area contributed by atoms with Gasteiger partial charge in [-0.05, 0) is 6.92 Å². The number of ether oxygens (including phenoxy) is 3. The van der Waals surface area contributed by atoms with Crippen LogP contribution in [0.3, 0.4) is 0 Å². The van der Waals surface area contributed by atoms with Gasteiger partial charge in [0.05, 0.1) is 19.8 Å². The minimum atomic E-state index is -0.725. The Morgan fingerprint density at radius 2 is 2.27 bits per heavy atom. The van der Waals surface area contributed by atoms with Crippen LogP contribution >= 0.6 is 0 Å². The van der Waals surface area contributed by atoms with E-state index in [0.717, 1.165) is 6.54 Å². The predicted octanol–water partition coefficient (Wildman–Crippen LogP) is -0.0979. The summed E-state index contributed by atoms with van der Waals surface area (Å²) in [6.07, 6.45) is 0.705. The highest BCUT2D eigenvalue weighted by atomic mass is 16.7. The number of esters is 1. The minimum Gasteiger partial charge on any atom is -0.466 e. The molecule has 1 atom stereocenters. The van der Waals surface area contributed by atoms with E-state index >= 15 is 0 Å². The van der Waals surface area contributed by atoms with Crippen LogP contribution in [0.2, 0.25) is 0 Å². The lowest BCUT2D eigenvalue weighted by Crippen LogP contribution is -2.54. The van der Waals surface area contributed by atoms with Crippen LogP contribution in [0.25, 0.3) is 0 Å². The molecule has 15 heavy (non-hydrogen) atoms. The first-order valence-electron chi connectivity index (χ1n) is 5.44. The quantitative estimate of drug-likeness (QED) is 0.652. The third-order valence-electron chi connectivity index (χ3n) is 2.88. The van der Waals surface area contributed by atoms with Crippen molar-refractivity contribution < 1.29 is 19.0 Å². The van der Waals surface area contributed by atoms with Gasteiger partial charge in [-0.15, -0.1) is 0 Å². The minimum absolute atomic E-state index is 0.230. The Balaban J connectivity index is 2.08. The summed E-state index contributed by atoms with van der Waals surface area (Å²) in [6.45, 7) is 4.71. The fourth-order valence-corrected chi connectivity index (χ4v) is 2.16. The maximum Gasteiger partial charge on any atom is 0.315 e. The Morgan fingerprint density at radius 1 is 1.53 bits per heavy atom. The molecule has 2 aliphatic heterocycles. The summed E-state index contributed by atoms with van der Waals surface area (Å²) in [5.74, 6) is -1.29. The van der Waals surface area contributed by atoms with Gasteiger partial charge in [0, 0.05) is 19.5 Å². The molecular formula is C10H17NO4. The van der Waals surface area contributed by atoms with Gasteiger partial charge in [-0.1, -0.05) is 0 Å². The number of carbonyl (C=O) groups is 1. The van der Waals surface area contributed by atoms with Crippen molar-refractivity contribution in [1.82, 2.24) is 5.32 Å². The van der Waals surface area contributed by atoms with E-state index in [0.29, 0.717) is 32.8 Å². The molecule has 1 spiro atoms. The molecule has 1 N–H and O–H groups in total. The molecule has 0 radical (unpaired) electrons. The van der Waals surface area contributed by atoms with Gasteiger partial charge in [-0.25, -0.2) is 0 Å². The van der Waals surface area contributed by atoms with Crippen LogP contribution in [0.5, 0.6) is 0 Å². The maximum atomic E-state index is 11.7. The Hall–Kier alpha value is -0.650. The third kappa shape index (κ3) is 2.00. The van der Waals surface area contributed by atoms with Gasteiger partial charge in [-0.2, -0.15) is 0 Å². The van der Waals surface area contributed by atoms with Gasteiger partial charge in [0.1, 0.15) is 5.92 Å². The second kappa shape index (κ2) is 4.47. The lowest BCUT2D eigenvalue weighted by atomic mass is 9.92. The van der Waals surface area contributed by atoms with E-state index in [1.165, 1.54) is 0 Å². The van der Waals surface area contributed by atoms with E-state index in [1.54, 1.807) is 6.92 Å². The summed E-state index contributed by atoms with van der Waals surface area (Å²) in [5, 5.41) is 3.16. The van der Waals surface area contributed by atoms with Crippen molar-refractivity contribution >= 4 is 5.97 Å². The number of piperidine rings is 1. The van der Waals surface area contributed by atoms with Crippen LogP contribution in [-0.4, -0.2) is 44.7 Å². The number of hydrogen-bond donors (Lipinski definition) is 1. The highest BCUT2D eigenvalue weighted by Crippen LogP contribution is 2.34. The fourth-order valence-electron chi connectivity index (χ4n) is 2.16. The van der Waals surface area contributed by atoms with Crippen LogP contribution in [0, 0.1) is 5.92 Å². The van der Waals surface area contributed by atoms with Gasteiger partial charge in [-0.3, -0.25) is 4.79 Å². The van der Waals surface area contributed by atoms with Gasteiger partial charge in [0.25, 0.3) is 0 Å². The molecule has 2 heterocycles. The second-order valence-electron chi connectivity index (χ2n) is 3.77. The molecule has 2 aliphatic rings. The van der Waals surface area contributed by atoms with E-state index in [9.17, 15) is 4.79 Å². The zero-order valence-corrected chi connectivity index (χ0v) is 8.95. The Kier molecular flexibility index (Phi) is 3.23. The van der Waals surface area contributed by atoms with Crippen molar-refractivity contribution in [2.75, 3.05) is 32.9 Å². The molecule has 86 valence electrons. The largest absolute Gasteiger partial charge is 0.466 e. The van der Waals surface area contributed by atoms with Crippen LogP contribution < -0.4 is 5.32 Å². The molecule has 0 aromatic heterocycles. The number of nitrogens with one attached hydrogen (secondary N) is 1. The molecule has 0 bridgehead atoms. The first-order chi connectivity index (χ1) is 7.28. The Morgan fingerprint density at radius 3 is 2.93 bits per heavy atom. The molecule has 5 nitrogen and oxygen atoms in total. The van der Waals surface area contributed by atoms with Crippen LogP contribution in [-0.2, 0) is 19.0 Å². The monoisotopic (exact) mass is 215 g/mol. The molecule has 0 unspecified atom stereocenters. The SMILES string of the molecule is CCOC(=O)[C@H]1CNCCC12OCCO2. The molecule has 2 fully saturated rings. The molecule has 0 saturated carbocycles. The maximum absolute atomic E-state index is 11.7. The number of rotatable bonds is 2. The predicted molar refractivity (Wildman–Crippen MR) is 52.2 cm³/mol. The summed E-state index contributed by atoms with van der Waals surface area (Å²) in [4.78, 5) is 11.7. The van der Waals surface area contributed by atoms with Crippen molar-refractivity contribution in [2.24, 2.45) is 5.92 Å².